The van der Waals surface area contributed by atoms with Crippen molar-refractivity contribution in [2.75, 3.05) is 6.61 Å². The van der Waals surface area contributed by atoms with Crippen molar-refractivity contribution in [1.82, 2.24) is 0 Å². The number of hydrogen-bond donors (Lipinski definition) is 0. The zero-order valence-corrected chi connectivity index (χ0v) is 10.7. The van der Waals surface area contributed by atoms with Gasteiger partial charge >= 0.3 is 12.6 Å². The maximum atomic E-state index is 12.2. The first-order chi connectivity index (χ1) is 8.97. The maximum absolute atomic E-state index is 12.2. The van der Waals surface area contributed by atoms with Crippen molar-refractivity contribution in [3.8, 4) is 11.8 Å². The van der Waals surface area contributed by atoms with E-state index in [1.165, 1.54) is 12.1 Å². The summed E-state index contributed by atoms with van der Waals surface area (Å²) in [4.78, 5) is 11.3. The molecule has 0 unspecified atom stereocenters. The molecule has 0 fully saturated rings. The van der Waals surface area contributed by atoms with Gasteiger partial charge in [0.25, 0.3) is 0 Å². The van der Waals surface area contributed by atoms with Gasteiger partial charge in [-0.25, -0.2) is 0 Å². The minimum atomic E-state index is -3.08. The first kappa shape index (κ1) is 15.2. The van der Waals surface area contributed by atoms with Gasteiger partial charge in [-0.3, -0.25) is 4.79 Å². The number of nitriles is 1. The average molecular weight is 290 g/mol. The van der Waals surface area contributed by atoms with E-state index >= 15 is 0 Å². The van der Waals surface area contributed by atoms with Crippen molar-refractivity contribution in [2.45, 2.75) is 20.0 Å². The fraction of sp³-hybridized carbons (Fsp3) is 0.333. The Morgan fingerprint density at radius 3 is 2.74 bits per heavy atom. The van der Waals surface area contributed by atoms with Crippen LogP contribution >= 0.6 is 11.6 Å². The lowest BCUT2D eigenvalue weighted by Crippen LogP contribution is -2.09. The van der Waals surface area contributed by atoms with E-state index in [1.54, 1.807) is 13.0 Å². The highest BCUT2D eigenvalue weighted by atomic mass is 35.5. The van der Waals surface area contributed by atoms with Crippen LogP contribution in [-0.2, 0) is 16.0 Å². The zero-order chi connectivity index (χ0) is 14.4. The molecule has 0 aliphatic carbocycles. The molecule has 19 heavy (non-hydrogen) atoms. The number of benzene rings is 1. The molecule has 4 nitrogen and oxygen atoms in total. The lowest BCUT2D eigenvalue weighted by Gasteiger charge is -2.10. The Morgan fingerprint density at radius 2 is 2.21 bits per heavy atom. The minimum Gasteiger partial charge on any atom is -0.466 e. The third-order valence-electron chi connectivity index (χ3n) is 2.08. The molecular formula is C12H10ClF2NO3. The number of hydrogen-bond acceptors (Lipinski definition) is 4. The second kappa shape index (κ2) is 6.90. The summed E-state index contributed by atoms with van der Waals surface area (Å²) in [5.74, 6) is -0.892. The van der Waals surface area contributed by atoms with Gasteiger partial charge in [-0.2, -0.15) is 14.0 Å². The molecule has 0 bridgehead atoms. The van der Waals surface area contributed by atoms with Crippen LogP contribution in [0.2, 0.25) is 5.02 Å². The summed E-state index contributed by atoms with van der Waals surface area (Å²) in [5.41, 5.74) is 0.230. The Labute approximate surface area is 113 Å². The Morgan fingerprint density at radius 1 is 1.53 bits per heavy atom. The molecule has 0 N–H and O–H groups in total. The van der Waals surface area contributed by atoms with Gasteiger partial charge in [0.15, 0.2) is 5.75 Å². The predicted molar refractivity (Wildman–Crippen MR) is 63.1 cm³/mol. The van der Waals surface area contributed by atoms with Crippen molar-refractivity contribution in [3.05, 3.63) is 28.3 Å². The fourth-order valence-electron chi connectivity index (χ4n) is 1.42. The van der Waals surface area contributed by atoms with Crippen LogP contribution in [0.5, 0.6) is 5.75 Å². The molecule has 0 aliphatic heterocycles. The van der Waals surface area contributed by atoms with E-state index in [-0.39, 0.29) is 23.6 Å². The summed E-state index contributed by atoms with van der Waals surface area (Å²) >= 11 is 5.76. The Balaban J connectivity index is 3.03. The van der Waals surface area contributed by atoms with Crippen LogP contribution in [0, 0.1) is 11.3 Å². The molecule has 1 aromatic carbocycles. The van der Waals surface area contributed by atoms with Gasteiger partial charge in [-0.05, 0) is 24.6 Å². The molecule has 102 valence electrons. The third-order valence-corrected chi connectivity index (χ3v) is 2.37. The summed E-state index contributed by atoms with van der Waals surface area (Å²) in [6, 6.07) is 4.25. The second-order valence-electron chi connectivity index (χ2n) is 3.43. The quantitative estimate of drug-likeness (QED) is 0.782. The van der Waals surface area contributed by atoms with Gasteiger partial charge in [-0.1, -0.05) is 11.6 Å². The number of carbonyl (C=O) groups excluding carboxylic acids is 1. The van der Waals surface area contributed by atoms with Crippen molar-refractivity contribution in [2.24, 2.45) is 0 Å². The normalized spacial score (nSPS) is 10.1. The van der Waals surface area contributed by atoms with Crippen molar-refractivity contribution < 1.29 is 23.0 Å². The second-order valence-corrected chi connectivity index (χ2v) is 3.83. The molecule has 0 saturated carbocycles. The van der Waals surface area contributed by atoms with Crippen LogP contribution in [0.25, 0.3) is 0 Å². The van der Waals surface area contributed by atoms with E-state index in [0.717, 1.165) is 0 Å². The number of esters is 1. The van der Waals surface area contributed by atoms with E-state index < -0.39 is 18.3 Å². The molecule has 1 aromatic rings. The van der Waals surface area contributed by atoms with Gasteiger partial charge in [-0.15, -0.1) is 0 Å². The largest absolute Gasteiger partial charge is 0.466 e. The fourth-order valence-corrected chi connectivity index (χ4v) is 1.71. The summed E-state index contributed by atoms with van der Waals surface area (Å²) in [7, 11) is 0. The highest BCUT2D eigenvalue weighted by Crippen LogP contribution is 2.31. The molecule has 0 aromatic heterocycles. The molecule has 0 aliphatic rings. The summed E-state index contributed by atoms with van der Waals surface area (Å²) in [6.45, 7) is -1.20. The lowest BCUT2D eigenvalue weighted by atomic mass is 10.1. The number of ether oxygens (including phenoxy) is 2. The number of nitrogens with zero attached hydrogens (tertiary/aromatic N) is 1. The average Bonchev–Trinajstić information content (AvgIpc) is 2.32. The van der Waals surface area contributed by atoms with Crippen LogP contribution in [0.15, 0.2) is 12.1 Å². The van der Waals surface area contributed by atoms with Gasteiger partial charge in [0.05, 0.1) is 23.6 Å². The summed E-state index contributed by atoms with van der Waals surface area (Å²) in [5, 5.41) is 8.71. The van der Waals surface area contributed by atoms with Crippen LogP contribution in [0.1, 0.15) is 18.1 Å². The highest BCUT2D eigenvalue weighted by Gasteiger charge is 2.16. The molecule has 0 heterocycles. The predicted octanol–water partition coefficient (Wildman–Crippen LogP) is 2.92. The zero-order valence-electron chi connectivity index (χ0n) is 9.95. The number of halogens is 3. The smallest absolute Gasteiger partial charge is 0.387 e. The van der Waals surface area contributed by atoms with Crippen LogP contribution in [0.3, 0.4) is 0 Å². The SMILES string of the molecule is CCOC(=O)Cc1cc(Cl)c(OC(F)F)c(C#N)c1. The molecule has 0 saturated heterocycles. The Kier molecular flexibility index (Phi) is 5.52. The number of carbonyl (C=O) groups is 1. The Bertz CT molecular complexity index is 514. The topological polar surface area (TPSA) is 59.3 Å². The molecule has 0 atom stereocenters. The summed E-state index contributed by atoms with van der Waals surface area (Å²) in [6.07, 6.45) is -0.100. The first-order valence-corrected chi connectivity index (χ1v) is 5.68. The van der Waals surface area contributed by atoms with E-state index in [1.807, 2.05) is 0 Å². The van der Waals surface area contributed by atoms with E-state index in [9.17, 15) is 13.6 Å². The van der Waals surface area contributed by atoms with Crippen LogP contribution in [-0.4, -0.2) is 19.2 Å². The van der Waals surface area contributed by atoms with Crippen molar-refractivity contribution >= 4 is 17.6 Å². The van der Waals surface area contributed by atoms with E-state index in [0.29, 0.717) is 5.56 Å². The Hall–Kier alpha value is -1.87. The van der Waals surface area contributed by atoms with E-state index in [4.69, 9.17) is 21.6 Å². The van der Waals surface area contributed by atoms with Gasteiger partial charge in [0, 0.05) is 0 Å². The molecule has 0 radical (unpaired) electrons. The highest BCUT2D eigenvalue weighted by molar-refractivity contribution is 6.32. The third kappa shape index (κ3) is 4.38. The van der Waals surface area contributed by atoms with Gasteiger partial charge in [0.1, 0.15) is 6.07 Å². The van der Waals surface area contributed by atoms with Crippen molar-refractivity contribution in [3.63, 3.8) is 0 Å². The monoisotopic (exact) mass is 289 g/mol. The van der Waals surface area contributed by atoms with Gasteiger partial charge in [0.2, 0.25) is 0 Å². The lowest BCUT2D eigenvalue weighted by molar-refractivity contribution is -0.142. The summed E-state index contributed by atoms with van der Waals surface area (Å²) < 4.78 is 33.2. The van der Waals surface area contributed by atoms with Gasteiger partial charge < -0.3 is 9.47 Å². The molecular weight excluding hydrogens is 280 g/mol. The number of alkyl halides is 2. The number of rotatable bonds is 5. The molecule has 0 spiro atoms. The molecule has 1 rings (SSSR count). The standard InChI is InChI=1S/C12H10ClF2NO3/c1-2-18-10(17)5-7-3-8(6-16)11(9(13)4-7)19-12(14)15/h3-4,12H,2,5H2,1H3. The van der Waals surface area contributed by atoms with Crippen molar-refractivity contribution in [1.29, 1.82) is 5.26 Å². The minimum absolute atomic E-state index is 0.100. The van der Waals surface area contributed by atoms with E-state index in [2.05, 4.69) is 4.74 Å². The van der Waals surface area contributed by atoms with Crippen LogP contribution < -0.4 is 4.74 Å². The maximum Gasteiger partial charge on any atom is 0.387 e. The van der Waals surface area contributed by atoms with Crippen LogP contribution in [0.4, 0.5) is 8.78 Å². The molecule has 0 amide bonds. The first-order valence-electron chi connectivity index (χ1n) is 5.30. The molecule has 7 heteroatoms.